The van der Waals surface area contributed by atoms with Gasteiger partial charge in [-0.3, -0.25) is 4.79 Å². The summed E-state index contributed by atoms with van der Waals surface area (Å²) >= 11 is 0. The van der Waals surface area contributed by atoms with E-state index in [1.807, 2.05) is 0 Å². The third kappa shape index (κ3) is 6.67. The fraction of sp³-hybridized carbons (Fsp3) is 0.429. The Balaban J connectivity index is 4.11. The smallest absolute Gasteiger partial charge is 0.447 e. The zero-order valence-corrected chi connectivity index (χ0v) is 7.48. The number of nitrogens with zero attached hydrogens (tertiary/aromatic N) is 2. The van der Waals surface area contributed by atoms with E-state index in [1.165, 1.54) is 6.92 Å². The van der Waals surface area contributed by atoms with Crippen molar-refractivity contribution in [2.75, 3.05) is 6.61 Å². The van der Waals surface area contributed by atoms with Gasteiger partial charge in [0.15, 0.2) is 0 Å². The molecule has 0 aromatic carbocycles. The minimum Gasteiger partial charge on any atom is -0.447 e. The number of hydrogen-bond donors (Lipinski definition) is 1. The van der Waals surface area contributed by atoms with Crippen molar-refractivity contribution in [3.05, 3.63) is 11.8 Å². The lowest BCUT2D eigenvalue weighted by Crippen LogP contribution is -2.06. The van der Waals surface area contributed by atoms with Crippen molar-refractivity contribution < 1.29 is 14.3 Å². The van der Waals surface area contributed by atoms with E-state index in [2.05, 4.69) is 15.0 Å². The second-order valence-electron chi connectivity index (χ2n) is 2.09. The summed E-state index contributed by atoms with van der Waals surface area (Å²) in [5, 5.41) is 6.55. The lowest BCUT2D eigenvalue weighted by molar-refractivity contribution is -0.113. The maximum absolute atomic E-state index is 10.6. The van der Waals surface area contributed by atoms with Gasteiger partial charge in [-0.05, 0) is 13.8 Å². The Morgan fingerprint density at radius 2 is 2.08 bits per heavy atom. The predicted molar refractivity (Wildman–Crippen MR) is 44.8 cm³/mol. The molecule has 13 heavy (non-hydrogen) atoms. The fourth-order valence-corrected chi connectivity index (χ4v) is 0.507. The van der Waals surface area contributed by atoms with E-state index in [1.54, 1.807) is 6.92 Å². The quantitative estimate of drug-likeness (QED) is 0.524. The molecule has 0 aliphatic heterocycles. The highest BCUT2D eigenvalue weighted by atomic mass is 16.5. The van der Waals surface area contributed by atoms with Crippen LogP contribution in [-0.2, 0) is 9.53 Å². The van der Waals surface area contributed by atoms with Crippen molar-refractivity contribution in [3.8, 4) is 0 Å². The first-order chi connectivity index (χ1) is 6.06. The molecule has 6 nitrogen and oxygen atoms in total. The molecule has 0 aliphatic carbocycles. The first kappa shape index (κ1) is 11.3. The monoisotopic (exact) mass is 185 g/mol. The Morgan fingerprint density at radius 1 is 1.46 bits per heavy atom. The number of carbonyl (C=O) groups excluding carboxylic acids is 2. The number of azo groups is 1. The maximum atomic E-state index is 10.6. The molecule has 2 amide bonds. The summed E-state index contributed by atoms with van der Waals surface area (Å²) in [5.74, 6) is -0.639. The standard InChI is InChI=1S/C7H11N3O3/c1-3-13-7(12)10-9-5(2)4-6(8)11/h4H,3H2,1-2H3,(H2,8,11)/b5-4+,10-9?. The Bertz CT molecular complexity index is 258. The van der Waals surface area contributed by atoms with Crippen LogP contribution in [-0.4, -0.2) is 18.6 Å². The highest BCUT2D eigenvalue weighted by Gasteiger charge is 1.96. The zero-order chi connectivity index (χ0) is 10.3. The van der Waals surface area contributed by atoms with E-state index in [-0.39, 0.29) is 12.3 Å². The van der Waals surface area contributed by atoms with E-state index < -0.39 is 12.0 Å². The van der Waals surface area contributed by atoms with Gasteiger partial charge in [-0.2, -0.15) is 0 Å². The Morgan fingerprint density at radius 3 is 2.54 bits per heavy atom. The lowest BCUT2D eigenvalue weighted by Gasteiger charge is -1.92. The zero-order valence-electron chi connectivity index (χ0n) is 7.48. The molecular weight excluding hydrogens is 174 g/mol. The van der Waals surface area contributed by atoms with Crippen LogP contribution < -0.4 is 5.73 Å². The summed E-state index contributed by atoms with van der Waals surface area (Å²) in [6.45, 7) is 3.38. The molecule has 2 N–H and O–H groups in total. The number of hydrogen-bond acceptors (Lipinski definition) is 4. The SMILES string of the molecule is CCOC(=O)N=N/C(C)=C/C(N)=O. The summed E-state index contributed by atoms with van der Waals surface area (Å²) in [5.41, 5.74) is 5.08. The highest BCUT2D eigenvalue weighted by Crippen LogP contribution is 1.96. The second kappa shape index (κ2) is 5.87. The summed E-state index contributed by atoms with van der Waals surface area (Å²) < 4.78 is 4.45. The summed E-state index contributed by atoms with van der Waals surface area (Å²) in [6, 6.07) is 0. The first-order valence-electron chi connectivity index (χ1n) is 3.62. The third-order valence-electron chi connectivity index (χ3n) is 0.908. The molecular formula is C7H11N3O3. The van der Waals surface area contributed by atoms with Crippen molar-refractivity contribution in [3.63, 3.8) is 0 Å². The van der Waals surface area contributed by atoms with Gasteiger partial charge in [-0.25, -0.2) is 4.79 Å². The van der Waals surface area contributed by atoms with Gasteiger partial charge in [0.25, 0.3) is 0 Å². The minimum absolute atomic E-state index is 0.233. The Kier molecular flexibility index (Phi) is 5.09. The first-order valence-corrected chi connectivity index (χ1v) is 3.62. The number of rotatable bonds is 3. The molecule has 72 valence electrons. The molecule has 0 aliphatic rings. The average Bonchev–Trinajstić information content (AvgIpc) is 2.00. The van der Waals surface area contributed by atoms with Crippen molar-refractivity contribution in [1.82, 2.24) is 0 Å². The van der Waals surface area contributed by atoms with E-state index in [0.29, 0.717) is 0 Å². The van der Waals surface area contributed by atoms with Crippen LogP contribution in [0.3, 0.4) is 0 Å². The molecule has 0 fully saturated rings. The van der Waals surface area contributed by atoms with Gasteiger partial charge in [0, 0.05) is 6.08 Å². The van der Waals surface area contributed by atoms with Crippen LogP contribution >= 0.6 is 0 Å². The molecule has 6 heteroatoms. The molecule has 0 unspecified atom stereocenters. The molecule has 0 aromatic heterocycles. The number of carbonyl (C=O) groups is 2. The molecule has 0 rings (SSSR count). The third-order valence-corrected chi connectivity index (χ3v) is 0.908. The highest BCUT2D eigenvalue weighted by molar-refractivity contribution is 5.86. The van der Waals surface area contributed by atoms with Gasteiger partial charge in [0.05, 0.1) is 12.3 Å². The molecule has 0 atom stereocenters. The van der Waals surface area contributed by atoms with Crippen molar-refractivity contribution in [2.24, 2.45) is 16.0 Å². The van der Waals surface area contributed by atoms with Crippen LogP contribution in [0.5, 0.6) is 0 Å². The van der Waals surface area contributed by atoms with Crippen LogP contribution in [0.1, 0.15) is 13.8 Å². The molecule has 0 heterocycles. The van der Waals surface area contributed by atoms with Crippen LogP contribution in [0.2, 0.25) is 0 Å². The molecule has 0 bridgehead atoms. The fourth-order valence-electron chi connectivity index (χ4n) is 0.507. The number of ether oxygens (including phenoxy) is 1. The van der Waals surface area contributed by atoms with E-state index in [9.17, 15) is 9.59 Å². The van der Waals surface area contributed by atoms with Gasteiger partial charge in [-0.1, -0.05) is 5.11 Å². The number of nitrogens with two attached hydrogens (primary N) is 1. The Labute approximate surface area is 75.5 Å². The van der Waals surface area contributed by atoms with E-state index in [4.69, 9.17) is 5.73 Å². The van der Waals surface area contributed by atoms with Gasteiger partial charge in [0.2, 0.25) is 5.91 Å². The molecule has 0 radical (unpaired) electrons. The summed E-state index contributed by atoms with van der Waals surface area (Å²) in [6.07, 6.45) is 0.266. The largest absolute Gasteiger partial charge is 0.452 e. The van der Waals surface area contributed by atoms with Crippen LogP contribution in [0.4, 0.5) is 4.79 Å². The topological polar surface area (TPSA) is 94.1 Å². The Hall–Kier alpha value is -1.72. The lowest BCUT2D eigenvalue weighted by atomic mass is 10.4. The van der Waals surface area contributed by atoms with E-state index >= 15 is 0 Å². The maximum Gasteiger partial charge on any atom is 0.452 e. The normalized spacial score (nSPS) is 11.7. The molecule has 0 saturated heterocycles. The van der Waals surface area contributed by atoms with E-state index in [0.717, 1.165) is 6.08 Å². The predicted octanol–water partition coefficient (Wildman–Crippen LogP) is 0.984. The van der Waals surface area contributed by atoms with Crippen LogP contribution in [0.15, 0.2) is 22.0 Å². The van der Waals surface area contributed by atoms with Crippen LogP contribution in [0, 0.1) is 0 Å². The molecule has 0 spiro atoms. The molecule has 0 aromatic rings. The number of primary amides is 1. The van der Waals surface area contributed by atoms with Gasteiger partial charge in [-0.15, -0.1) is 5.11 Å². The minimum atomic E-state index is -0.792. The van der Waals surface area contributed by atoms with Gasteiger partial charge in [0.1, 0.15) is 0 Å². The van der Waals surface area contributed by atoms with Gasteiger partial charge >= 0.3 is 6.09 Å². The summed E-state index contributed by atoms with van der Waals surface area (Å²) in [4.78, 5) is 20.9. The van der Waals surface area contributed by atoms with Gasteiger partial charge < -0.3 is 10.5 Å². The second-order valence-corrected chi connectivity index (χ2v) is 2.09. The average molecular weight is 185 g/mol. The molecule has 0 saturated carbocycles. The van der Waals surface area contributed by atoms with Crippen molar-refractivity contribution in [2.45, 2.75) is 13.8 Å². The van der Waals surface area contributed by atoms with Crippen molar-refractivity contribution >= 4 is 12.0 Å². The summed E-state index contributed by atoms with van der Waals surface area (Å²) in [7, 11) is 0. The number of allylic oxidation sites excluding steroid dienone is 1. The van der Waals surface area contributed by atoms with Crippen molar-refractivity contribution in [1.29, 1.82) is 0 Å². The van der Waals surface area contributed by atoms with Crippen LogP contribution in [0.25, 0.3) is 0 Å². The number of amides is 2.